The lowest BCUT2D eigenvalue weighted by Gasteiger charge is -2.17. The van der Waals surface area contributed by atoms with Crippen LogP contribution >= 0.6 is 0 Å². The molecule has 2 amide bonds. The van der Waals surface area contributed by atoms with Gasteiger partial charge in [-0.3, -0.25) is 14.4 Å². The number of carbonyl (C=O) groups excluding carboxylic acids is 2. The molecule has 2 heterocycles. The van der Waals surface area contributed by atoms with Gasteiger partial charge in [0.05, 0.1) is 18.6 Å². The summed E-state index contributed by atoms with van der Waals surface area (Å²) in [5.74, 6) is -0.807. The molecule has 7 nitrogen and oxygen atoms in total. The molecule has 2 N–H and O–H groups in total. The molecule has 0 saturated carbocycles. The minimum Gasteiger partial charge on any atom is -0.389 e. The normalized spacial score (nSPS) is 18.0. The van der Waals surface area contributed by atoms with Crippen LogP contribution in [0.3, 0.4) is 0 Å². The molecule has 1 aliphatic heterocycles. The van der Waals surface area contributed by atoms with E-state index >= 15 is 0 Å². The minimum atomic E-state index is -0.888. The van der Waals surface area contributed by atoms with E-state index in [2.05, 4.69) is 5.32 Å². The molecule has 1 fully saturated rings. The average Bonchev–Trinajstić information content (AvgIpc) is 3.04. The van der Waals surface area contributed by atoms with Gasteiger partial charge < -0.3 is 19.9 Å². The zero-order valence-corrected chi connectivity index (χ0v) is 14.2. The molecule has 7 heteroatoms. The van der Waals surface area contributed by atoms with Gasteiger partial charge in [-0.25, -0.2) is 0 Å². The fourth-order valence-electron chi connectivity index (χ4n) is 3.01. The number of aliphatic hydroxyl groups is 1. The highest BCUT2D eigenvalue weighted by Gasteiger charge is 2.35. The number of benzene rings is 1. The topological polar surface area (TPSA) is 91.6 Å². The molecule has 1 aromatic heterocycles. The number of pyridine rings is 1. The molecule has 136 valence electrons. The summed E-state index contributed by atoms with van der Waals surface area (Å²) < 4.78 is 1.38. The van der Waals surface area contributed by atoms with Gasteiger partial charge in [-0.1, -0.05) is 24.3 Å². The minimum absolute atomic E-state index is 0.0240. The second-order valence-electron chi connectivity index (χ2n) is 6.33. The second kappa shape index (κ2) is 7.97. The SMILES string of the molecule is O=C(NCC(O)Cn1ccccc1=O)C1CC(=O)N(c2ccccc2)C1. The molecular formula is C19H21N3O4. The third-order valence-corrected chi connectivity index (χ3v) is 4.38. The van der Waals surface area contributed by atoms with Crippen LogP contribution in [0.5, 0.6) is 0 Å². The molecule has 0 spiro atoms. The van der Waals surface area contributed by atoms with Gasteiger partial charge in [0.15, 0.2) is 0 Å². The molecular weight excluding hydrogens is 334 g/mol. The highest BCUT2D eigenvalue weighted by atomic mass is 16.3. The van der Waals surface area contributed by atoms with E-state index in [4.69, 9.17) is 0 Å². The number of aromatic nitrogens is 1. The fourth-order valence-corrected chi connectivity index (χ4v) is 3.01. The Hall–Kier alpha value is -2.93. The molecule has 2 unspecified atom stereocenters. The Balaban J connectivity index is 1.52. The van der Waals surface area contributed by atoms with Gasteiger partial charge in [0, 0.05) is 37.5 Å². The number of aliphatic hydroxyl groups excluding tert-OH is 1. The van der Waals surface area contributed by atoms with Crippen molar-refractivity contribution in [2.45, 2.75) is 19.1 Å². The molecule has 0 bridgehead atoms. The Kier molecular flexibility index (Phi) is 5.48. The van der Waals surface area contributed by atoms with Crippen molar-refractivity contribution in [3.63, 3.8) is 0 Å². The first-order valence-corrected chi connectivity index (χ1v) is 8.51. The summed E-state index contributed by atoms with van der Waals surface area (Å²) in [5, 5.41) is 12.7. The van der Waals surface area contributed by atoms with Crippen molar-refractivity contribution >= 4 is 17.5 Å². The number of hydrogen-bond donors (Lipinski definition) is 2. The predicted octanol–water partition coefficient (Wildman–Crippen LogP) is 0.379. The van der Waals surface area contributed by atoms with Crippen LogP contribution in [0.4, 0.5) is 5.69 Å². The molecule has 1 saturated heterocycles. The number of carbonyl (C=O) groups is 2. The maximum Gasteiger partial charge on any atom is 0.250 e. The van der Waals surface area contributed by atoms with Crippen molar-refractivity contribution in [1.29, 1.82) is 0 Å². The molecule has 0 aliphatic carbocycles. The smallest absolute Gasteiger partial charge is 0.250 e. The van der Waals surface area contributed by atoms with Gasteiger partial charge in [0.1, 0.15) is 0 Å². The summed E-state index contributed by atoms with van der Waals surface area (Å²) >= 11 is 0. The Morgan fingerprint density at radius 1 is 1.15 bits per heavy atom. The Morgan fingerprint density at radius 3 is 2.62 bits per heavy atom. The van der Waals surface area contributed by atoms with Crippen molar-refractivity contribution in [1.82, 2.24) is 9.88 Å². The fraction of sp³-hybridized carbons (Fsp3) is 0.316. The van der Waals surface area contributed by atoms with Crippen LogP contribution in [0.25, 0.3) is 0 Å². The van der Waals surface area contributed by atoms with Gasteiger partial charge in [-0.15, -0.1) is 0 Å². The average molecular weight is 355 g/mol. The Labute approximate surface area is 150 Å². The Morgan fingerprint density at radius 2 is 1.88 bits per heavy atom. The molecule has 2 aromatic rings. The molecule has 3 rings (SSSR count). The predicted molar refractivity (Wildman–Crippen MR) is 96.6 cm³/mol. The lowest BCUT2D eigenvalue weighted by molar-refractivity contribution is -0.126. The summed E-state index contributed by atoms with van der Waals surface area (Å²) in [6.45, 7) is 0.443. The first-order valence-electron chi connectivity index (χ1n) is 8.51. The summed E-state index contributed by atoms with van der Waals surface area (Å²) in [6.07, 6.45) is 0.844. The summed E-state index contributed by atoms with van der Waals surface area (Å²) in [5.41, 5.74) is 0.564. The van der Waals surface area contributed by atoms with Crippen LogP contribution in [0, 0.1) is 5.92 Å². The van der Waals surface area contributed by atoms with Crippen LogP contribution in [0.15, 0.2) is 59.5 Å². The van der Waals surface area contributed by atoms with Crippen LogP contribution < -0.4 is 15.8 Å². The first kappa shape index (κ1) is 17.9. The van der Waals surface area contributed by atoms with E-state index in [1.807, 2.05) is 30.3 Å². The van der Waals surface area contributed by atoms with Crippen LogP contribution in [0.1, 0.15) is 6.42 Å². The highest BCUT2D eigenvalue weighted by Crippen LogP contribution is 2.24. The standard InChI is InChI=1S/C19H21N3O4/c23-16(13-21-9-5-4-8-17(21)24)11-20-19(26)14-10-18(25)22(12-14)15-6-2-1-3-7-15/h1-9,14,16,23H,10-13H2,(H,20,26). The van der Waals surface area contributed by atoms with Gasteiger partial charge in [0.25, 0.3) is 5.56 Å². The van der Waals surface area contributed by atoms with Crippen LogP contribution in [-0.4, -0.2) is 40.7 Å². The summed E-state index contributed by atoms with van der Waals surface area (Å²) in [6, 6.07) is 14.0. The molecule has 1 aromatic carbocycles. The van der Waals surface area contributed by atoms with Crippen molar-refractivity contribution < 1.29 is 14.7 Å². The Bertz CT molecular complexity index is 834. The number of anilines is 1. The van der Waals surface area contributed by atoms with Crippen molar-refractivity contribution in [3.8, 4) is 0 Å². The van der Waals surface area contributed by atoms with Gasteiger partial charge >= 0.3 is 0 Å². The number of nitrogens with one attached hydrogen (secondary N) is 1. The van der Waals surface area contributed by atoms with Crippen molar-refractivity contribution in [2.24, 2.45) is 5.92 Å². The second-order valence-corrected chi connectivity index (χ2v) is 6.33. The van der Waals surface area contributed by atoms with Crippen molar-refractivity contribution in [3.05, 3.63) is 65.1 Å². The number of nitrogens with zero attached hydrogens (tertiary/aromatic N) is 2. The van der Waals surface area contributed by atoms with E-state index < -0.39 is 12.0 Å². The van der Waals surface area contributed by atoms with Gasteiger partial charge in [0.2, 0.25) is 11.8 Å². The van der Waals surface area contributed by atoms with E-state index in [0.717, 1.165) is 5.69 Å². The quantitative estimate of drug-likeness (QED) is 0.784. The van der Waals surface area contributed by atoms with Crippen LogP contribution in [0.2, 0.25) is 0 Å². The first-order chi connectivity index (χ1) is 12.5. The third-order valence-electron chi connectivity index (χ3n) is 4.38. The summed E-state index contributed by atoms with van der Waals surface area (Å²) in [7, 11) is 0. The monoisotopic (exact) mass is 355 g/mol. The molecule has 0 radical (unpaired) electrons. The highest BCUT2D eigenvalue weighted by molar-refractivity contribution is 6.00. The van der Waals surface area contributed by atoms with E-state index in [1.54, 1.807) is 23.2 Å². The largest absolute Gasteiger partial charge is 0.389 e. The zero-order valence-electron chi connectivity index (χ0n) is 14.2. The van der Waals surface area contributed by atoms with E-state index in [0.29, 0.717) is 6.54 Å². The number of amides is 2. The van der Waals surface area contributed by atoms with Gasteiger partial charge in [-0.05, 0) is 18.2 Å². The molecule has 1 aliphatic rings. The maximum atomic E-state index is 12.3. The maximum absolute atomic E-state index is 12.3. The number of hydrogen-bond acceptors (Lipinski definition) is 4. The summed E-state index contributed by atoms with van der Waals surface area (Å²) in [4.78, 5) is 37.7. The van der Waals surface area contributed by atoms with Gasteiger partial charge in [-0.2, -0.15) is 0 Å². The zero-order chi connectivity index (χ0) is 18.5. The van der Waals surface area contributed by atoms with Crippen LogP contribution in [-0.2, 0) is 16.1 Å². The number of rotatable bonds is 6. The third kappa shape index (κ3) is 4.18. The number of para-hydroxylation sites is 1. The molecule has 2 atom stereocenters. The van der Waals surface area contributed by atoms with E-state index in [9.17, 15) is 19.5 Å². The van der Waals surface area contributed by atoms with E-state index in [1.165, 1.54) is 10.6 Å². The lowest BCUT2D eigenvalue weighted by Crippen LogP contribution is -2.39. The molecule has 26 heavy (non-hydrogen) atoms. The lowest BCUT2D eigenvalue weighted by atomic mass is 10.1. The van der Waals surface area contributed by atoms with Crippen molar-refractivity contribution in [2.75, 3.05) is 18.0 Å². The van der Waals surface area contributed by atoms with E-state index in [-0.39, 0.29) is 36.9 Å².